The van der Waals surface area contributed by atoms with E-state index in [-0.39, 0.29) is 11.5 Å². The van der Waals surface area contributed by atoms with Crippen molar-refractivity contribution in [3.05, 3.63) is 114 Å². The Hall–Kier alpha value is -4.17. The topological polar surface area (TPSA) is 85.8 Å². The number of hydrogen-bond acceptors (Lipinski definition) is 6. The minimum atomic E-state index is -0.739. The number of para-hydroxylation sites is 1. The van der Waals surface area contributed by atoms with Gasteiger partial charge in [0.05, 0.1) is 22.9 Å². The van der Waals surface area contributed by atoms with Gasteiger partial charge in [-0.2, -0.15) is 0 Å². The zero-order valence-corrected chi connectivity index (χ0v) is 21.2. The van der Waals surface area contributed by atoms with E-state index in [1.165, 1.54) is 11.3 Å². The number of hydrogen-bond donors (Lipinski definition) is 1. The number of allylic oxidation sites excluding steroid dienone is 1. The van der Waals surface area contributed by atoms with Crippen molar-refractivity contribution >= 4 is 29.0 Å². The molecule has 182 valence electrons. The fourth-order valence-electron chi connectivity index (χ4n) is 4.24. The maximum absolute atomic E-state index is 13.7. The van der Waals surface area contributed by atoms with Crippen LogP contribution in [0.5, 0.6) is 5.75 Å². The summed E-state index contributed by atoms with van der Waals surface area (Å²) >= 11 is 1.29. The molecule has 0 aliphatic carbocycles. The van der Waals surface area contributed by atoms with E-state index in [1.807, 2.05) is 74.5 Å². The third-order valence-electron chi connectivity index (χ3n) is 6.10. The van der Waals surface area contributed by atoms with Gasteiger partial charge in [-0.25, -0.2) is 4.99 Å². The molecule has 1 atom stereocenters. The number of benzene rings is 2. The van der Waals surface area contributed by atoms with Crippen LogP contribution in [0.3, 0.4) is 0 Å². The predicted molar refractivity (Wildman–Crippen MR) is 140 cm³/mol. The maximum atomic E-state index is 13.7. The number of nitrogens with one attached hydrogen (secondary N) is 1. The fraction of sp³-hybridized carbons (Fsp3) is 0.179. The van der Waals surface area contributed by atoms with Crippen LogP contribution in [0.25, 0.3) is 6.08 Å². The van der Waals surface area contributed by atoms with Crippen LogP contribution in [-0.4, -0.2) is 17.6 Å². The number of carbonyl (C=O) groups is 1. The number of methoxy groups -OCH3 is 1. The molecule has 7 nitrogen and oxygen atoms in total. The predicted octanol–water partition coefficient (Wildman–Crippen LogP) is 4.09. The number of amides is 1. The zero-order chi connectivity index (χ0) is 25.4. The Morgan fingerprint density at radius 3 is 2.50 bits per heavy atom. The first-order valence-corrected chi connectivity index (χ1v) is 12.3. The van der Waals surface area contributed by atoms with Crippen molar-refractivity contribution in [1.29, 1.82) is 0 Å². The van der Waals surface area contributed by atoms with Crippen LogP contribution < -0.4 is 24.9 Å². The number of fused-ring (bicyclic) bond motifs is 1. The smallest absolute Gasteiger partial charge is 0.271 e. The molecule has 2 aromatic carbocycles. The Morgan fingerprint density at radius 2 is 1.83 bits per heavy atom. The highest BCUT2D eigenvalue weighted by Crippen LogP contribution is 2.32. The number of rotatable bonds is 5. The van der Waals surface area contributed by atoms with Gasteiger partial charge in [0.15, 0.2) is 4.80 Å². The Labute approximate surface area is 211 Å². The lowest BCUT2D eigenvalue weighted by molar-refractivity contribution is -0.113. The first-order chi connectivity index (χ1) is 17.4. The number of furan rings is 1. The Bertz CT molecular complexity index is 1670. The summed E-state index contributed by atoms with van der Waals surface area (Å²) in [5.41, 5.74) is 3.18. The van der Waals surface area contributed by atoms with Crippen LogP contribution in [0.1, 0.15) is 35.6 Å². The molecule has 8 heteroatoms. The van der Waals surface area contributed by atoms with Gasteiger partial charge in [-0.15, -0.1) is 0 Å². The lowest BCUT2D eigenvalue weighted by Gasteiger charge is -2.23. The molecule has 1 aliphatic heterocycles. The molecule has 0 saturated carbocycles. The van der Waals surface area contributed by atoms with E-state index in [9.17, 15) is 9.59 Å². The zero-order valence-electron chi connectivity index (χ0n) is 20.4. The van der Waals surface area contributed by atoms with Crippen LogP contribution >= 0.6 is 11.3 Å². The molecule has 5 rings (SSSR count). The van der Waals surface area contributed by atoms with Gasteiger partial charge in [0.25, 0.3) is 11.5 Å². The van der Waals surface area contributed by atoms with E-state index in [2.05, 4.69) is 10.3 Å². The third kappa shape index (κ3) is 4.31. The molecule has 1 amide bonds. The van der Waals surface area contributed by atoms with Gasteiger partial charge >= 0.3 is 0 Å². The lowest BCUT2D eigenvalue weighted by atomic mass is 10.00. The average molecular weight is 500 g/mol. The first-order valence-electron chi connectivity index (χ1n) is 11.5. The normalized spacial score (nSPS) is 15.4. The van der Waals surface area contributed by atoms with E-state index in [0.717, 1.165) is 16.9 Å². The van der Waals surface area contributed by atoms with E-state index in [0.29, 0.717) is 37.8 Å². The van der Waals surface area contributed by atoms with E-state index >= 15 is 0 Å². The highest BCUT2D eigenvalue weighted by atomic mass is 32.1. The molecule has 0 fully saturated rings. The largest absolute Gasteiger partial charge is 0.497 e. The Morgan fingerprint density at radius 1 is 1.08 bits per heavy atom. The number of ether oxygens (including phenoxy) is 1. The summed E-state index contributed by atoms with van der Waals surface area (Å²) in [6.07, 6.45) is 1.82. The molecular weight excluding hydrogens is 474 g/mol. The molecule has 0 unspecified atom stereocenters. The number of carbonyl (C=O) groups excluding carboxylic acids is 1. The van der Waals surface area contributed by atoms with Crippen molar-refractivity contribution in [1.82, 2.24) is 4.57 Å². The molecule has 36 heavy (non-hydrogen) atoms. The van der Waals surface area contributed by atoms with Crippen molar-refractivity contribution in [2.45, 2.75) is 26.8 Å². The molecule has 0 radical (unpaired) electrons. The first kappa shape index (κ1) is 23.6. The molecule has 1 N–H and O–H groups in total. The number of nitrogens with zero attached hydrogens (tertiary/aromatic N) is 2. The number of thiazole rings is 1. The molecule has 0 spiro atoms. The van der Waals surface area contributed by atoms with E-state index in [4.69, 9.17) is 9.15 Å². The second-order valence-electron chi connectivity index (χ2n) is 8.57. The lowest BCUT2D eigenvalue weighted by Crippen LogP contribution is -2.40. The van der Waals surface area contributed by atoms with Gasteiger partial charge in [0.2, 0.25) is 0 Å². The summed E-state index contributed by atoms with van der Waals surface area (Å²) < 4.78 is 13.2. The second-order valence-corrected chi connectivity index (χ2v) is 9.58. The second kappa shape index (κ2) is 9.47. The van der Waals surface area contributed by atoms with Crippen LogP contribution in [0, 0.1) is 13.8 Å². The highest BCUT2D eigenvalue weighted by molar-refractivity contribution is 7.07. The van der Waals surface area contributed by atoms with Gasteiger partial charge in [-0.3, -0.25) is 14.2 Å². The summed E-state index contributed by atoms with van der Waals surface area (Å²) in [4.78, 5) is 32.5. The highest BCUT2D eigenvalue weighted by Gasteiger charge is 2.34. The molecule has 1 aliphatic rings. The van der Waals surface area contributed by atoms with Crippen LogP contribution in [-0.2, 0) is 4.79 Å². The Kier molecular flexibility index (Phi) is 6.20. The maximum Gasteiger partial charge on any atom is 0.271 e. The summed E-state index contributed by atoms with van der Waals surface area (Å²) in [7, 11) is 1.61. The number of aromatic nitrogens is 1. The van der Waals surface area contributed by atoms with Crippen molar-refractivity contribution in [3.63, 3.8) is 0 Å². The molecule has 0 bridgehead atoms. The molecule has 0 saturated heterocycles. The van der Waals surface area contributed by atoms with Crippen LogP contribution in [0.2, 0.25) is 0 Å². The van der Waals surface area contributed by atoms with Gasteiger partial charge in [-0.05, 0) is 68.3 Å². The summed E-state index contributed by atoms with van der Waals surface area (Å²) in [5, 5.41) is 2.99. The fourth-order valence-corrected chi connectivity index (χ4v) is 5.28. The van der Waals surface area contributed by atoms with Crippen molar-refractivity contribution in [2.75, 3.05) is 12.4 Å². The van der Waals surface area contributed by atoms with Gasteiger partial charge in [-0.1, -0.05) is 41.7 Å². The average Bonchev–Trinajstić information content (AvgIpc) is 3.43. The van der Waals surface area contributed by atoms with Crippen molar-refractivity contribution < 1.29 is 13.9 Å². The minimum absolute atomic E-state index is 0.234. The molecular formula is C28H25N3O4S. The Balaban J connectivity index is 1.64. The minimum Gasteiger partial charge on any atom is -0.497 e. The van der Waals surface area contributed by atoms with Crippen LogP contribution in [0.15, 0.2) is 86.1 Å². The number of anilines is 1. The van der Waals surface area contributed by atoms with E-state index < -0.39 is 6.04 Å². The quantitative estimate of drug-likeness (QED) is 0.448. The third-order valence-corrected chi connectivity index (χ3v) is 7.09. The SMILES string of the molecule is COc1ccc(/C=c2/sc3n(c2=O)[C@H](c2ccc(C)o2)C(C(=O)Nc2ccccc2C)=C(C)N=3)cc1. The van der Waals surface area contributed by atoms with Gasteiger partial charge in [0, 0.05) is 5.69 Å². The van der Waals surface area contributed by atoms with Crippen molar-refractivity contribution in [3.8, 4) is 5.75 Å². The summed E-state index contributed by atoms with van der Waals surface area (Å²) in [5.74, 6) is 1.61. The van der Waals surface area contributed by atoms with Gasteiger partial charge < -0.3 is 14.5 Å². The van der Waals surface area contributed by atoms with E-state index in [1.54, 1.807) is 24.7 Å². The molecule has 3 heterocycles. The van der Waals surface area contributed by atoms with Crippen LogP contribution in [0.4, 0.5) is 5.69 Å². The monoisotopic (exact) mass is 499 g/mol. The van der Waals surface area contributed by atoms with Gasteiger partial charge in [0.1, 0.15) is 23.3 Å². The molecule has 4 aromatic rings. The van der Waals surface area contributed by atoms with Crippen molar-refractivity contribution in [2.24, 2.45) is 4.99 Å². The standard InChI is InChI=1S/C28H25N3O4S/c1-16-7-5-6-8-21(16)30-26(32)24-18(3)29-28-31(25(24)22-14-9-17(2)35-22)27(33)23(36-28)15-19-10-12-20(34-4)13-11-19/h5-15,25H,1-4H3,(H,30,32)/b23-15+/t25-/m1/s1. The summed E-state index contributed by atoms with van der Waals surface area (Å²) in [6, 6.07) is 17.9. The number of aryl methyl sites for hydroxylation is 2. The molecule has 2 aromatic heterocycles. The summed E-state index contributed by atoms with van der Waals surface area (Å²) in [6.45, 7) is 5.55.